The molecule has 0 aliphatic carbocycles. The highest BCUT2D eigenvalue weighted by Crippen LogP contribution is 2.36. The molecule has 0 spiro atoms. The van der Waals surface area contributed by atoms with E-state index < -0.39 is 7.82 Å². The van der Waals surface area contributed by atoms with Crippen molar-refractivity contribution in [1.29, 1.82) is 0 Å². The zero-order chi connectivity index (χ0) is 32.2. The molecule has 0 saturated carbocycles. The molecular weight excluding hydrogens is 623 g/mol. The average Bonchev–Trinajstić information content (AvgIpc) is 3.02. The number of halogens is 1. The van der Waals surface area contributed by atoms with E-state index in [1.54, 1.807) is 49.7 Å². The van der Waals surface area contributed by atoms with E-state index in [2.05, 4.69) is 41.9 Å². The molecule has 4 rings (SSSR count). The Kier molecular flexibility index (Phi) is 12.5. The second-order valence-corrected chi connectivity index (χ2v) is 11.6. The summed E-state index contributed by atoms with van der Waals surface area (Å²) in [4.78, 5) is 45.4. The number of hydrogen-bond donors (Lipinski definition) is 4. The van der Waals surface area contributed by atoms with E-state index in [0.29, 0.717) is 58.0 Å². The van der Waals surface area contributed by atoms with Crippen molar-refractivity contribution in [3.05, 3.63) is 71.6 Å². The number of ether oxygens (including phenoxy) is 2. The highest BCUT2D eigenvalue weighted by molar-refractivity contribution is 7.46. The summed E-state index contributed by atoms with van der Waals surface area (Å²) in [5, 5.41) is 7.20. The van der Waals surface area contributed by atoms with Gasteiger partial charge in [0.2, 0.25) is 0 Å². The number of pyridine rings is 1. The quantitative estimate of drug-likeness (QED) is 0.0812. The van der Waals surface area contributed by atoms with Gasteiger partial charge in [-0.15, -0.1) is 0 Å². The molecule has 45 heavy (non-hydrogen) atoms. The van der Waals surface area contributed by atoms with E-state index in [0.717, 1.165) is 37.9 Å². The van der Waals surface area contributed by atoms with Crippen LogP contribution in [0.1, 0.15) is 36.5 Å². The van der Waals surface area contributed by atoms with Crippen LogP contribution in [0.2, 0.25) is 5.02 Å². The fourth-order valence-corrected chi connectivity index (χ4v) is 5.01. The van der Waals surface area contributed by atoms with Crippen LogP contribution >= 0.6 is 19.4 Å². The zero-order valence-electron chi connectivity index (χ0n) is 25.0. The minimum Gasteiger partial charge on any atom is -0.493 e. The van der Waals surface area contributed by atoms with Gasteiger partial charge in [-0.1, -0.05) is 24.6 Å². The van der Waals surface area contributed by atoms with Crippen molar-refractivity contribution in [2.24, 2.45) is 0 Å². The third kappa shape index (κ3) is 10.6. The molecule has 0 fully saturated rings. The van der Waals surface area contributed by atoms with Gasteiger partial charge in [-0.3, -0.25) is 9.32 Å². The molecule has 240 valence electrons. The molecule has 13 nitrogen and oxygen atoms in total. The van der Waals surface area contributed by atoms with Crippen LogP contribution in [0.15, 0.2) is 61.1 Å². The van der Waals surface area contributed by atoms with Crippen molar-refractivity contribution in [3.63, 3.8) is 0 Å². The van der Waals surface area contributed by atoms with Gasteiger partial charge in [0.05, 0.1) is 37.7 Å². The SMILES string of the molecule is CCN(CCCCOP(=O)(O)O)CCCOc1cc2ncnc(Nc3ccc(NC(=O)c4cccc(Cl)c4)nc3)c2cc1OC. The molecule has 0 radical (unpaired) electrons. The molecule has 2 aromatic heterocycles. The number of phosphoric ester groups is 1. The van der Waals surface area contributed by atoms with Crippen molar-refractivity contribution < 1.29 is 33.1 Å². The first kappa shape index (κ1) is 34.0. The molecule has 0 aliphatic rings. The molecule has 4 N–H and O–H groups in total. The fourth-order valence-electron chi connectivity index (χ4n) is 4.45. The van der Waals surface area contributed by atoms with Crippen LogP contribution in [0.3, 0.4) is 0 Å². The normalized spacial score (nSPS) is 11.5. The Morgan fingerprint density at radius 1 is 1.00 bits per heavy atom. The Labute approximate surface area is 266 Å². The monoisotopic (exact) mass is 658 g/mol. The van der Waals surface area contributed by atoms with E-state index in [1.807, 2.05) is 12.1 Å². The van der Waals surface area contributed by atoms with Gasteiger partial charge in [-0.25, -0.2) is 19.5 Å². The molecular formula is C30H36ClN6O7P. The highest BCUT2D eigenvalue weighted by atomic mass is 35.5. The summed E-state index contributed by atoms with van der Waals surface area (Å²) in [5.74, 6) is 1.72. The lowest BCUT2D eigenvalue weighted by Crippen LogP contribution is -2.27. The Hall–Kier alpha value is -3.84. The summed E-state index contributed by atoms with van der Waals surface area (Å²) < 4.78 is 26.9. The maximum atomic E-state index is 12.5. The number of phosphoric acid groups is 1. The Morgan fingerprint density at radius 2 is 1.82 bits per heavy atom. The van der Waals surface area contributed by atoms with Crippen molar-refractivity contribution in [1.82, 2.24) is 19.9 Å². The molecule has 4 aromatic rings. The van der Waals surface area contributed by atoms with Gasteiger partial charge in [-0.05, 0) is 68.8 Å². The third-order valence-electron chi connectivity index (χ3n) is 6.73. The Morgan fingerprint density at radius 3 is 2.53 bits per heavy atom. The lowest BCUT2D eigenvalue weighted by Gasteiger charge is -2.20. The predicted octanol–water partition coefficient (Wildman–Crippen LogP) is 5.66. The molecule has 1 amide bonds. The average molecular weight is 659 g/mol. The maximum Gasteiger partial charge on any atom is 0.469 e. The van der Waals surface area contributed by atoms with Gasteiger partial charge in [0, 0.05) is 28.6 Å². The molecule has 2 heterocycles. The van der Waals surface area contributed by atoms with Crippen molar-refractivity contribution in [2.75, 3.05) is 50.6 Å². The molecule has 0 atom stereocenters. The van der Waals surface area contributed by atoms with Gasteiger partial charge >= 0.3 is 7.82 Å². The zero-order valence-corrected chi connectivity index (χ0v) is 26.6. The number of benzene rings is 2. The van der Waals surface area contributed by atoms with E-state index in [1.165, 1.54) is 6.33 Å². The maximum absolute atomic E-state index is 12.5. The van der Waals surface area contributed by atoms with E-state index in [4.69, 9.17) is 30.9 Å². The summed E-state index contributed by atoms with van der Waals surface area (Å²) in [6, 6.07) is 13.8. The summed E-state index contributed by atoms with van der Waals surface area (Å²) in [6.45, 7) is 5.00. The van der Waals surface area contributed by atoms with Crippen LogP contribution in [0.25, 0.3) is 10.9 Å². The number of anilines is 3. The van der Waals surface area contributed by atoms with Crippen LogP contribution in [-0.4, -0.2) is 75.5 Å². The molecule has 2 aromatic carbocycles. The van der Waals surface area contributed by atoms with Gasteiger partial charge in [0.1, 0.15) is 18.0 Å². The van der Waals surface area contributed by atoms with Crippen LogP contribution in [0.5, 0.6) is 11.5 Å². The number of nitrogens with one attached hydrogen (secondary N) is 2. The predicted molar refractivity (Wildman–Crippen MR) is 172 cm³/mol. The number of nitrogens with zero attached hydrogens (tertiary/aromatic N) is 4. The number of rotatable bonds is 17. The number of carbonyl (C=O) groups is 1. The first-order chi connectivity index (χ1) is 21.6. The summed E-state index contributed by atoms with van der Waals surface area (Å²) in [5.41, 5.74) is 1.75. The minimum absolute atomic E-state index is 0.0296. The third-order valence-corrected chi connectivity index (χ3v) is 7.48. The number of unbranched alkanes of at least 4 members (excludes halogenated alkanes) is 1. The second kappa shape index (κ2) is 16.5. The van der Waals surface area contributed by atoms with Crippen molar-refractivity contribution in [2.45, 2.75) is 26.2 Å². The Bertz CT molecular complexity index is 1620. The number of methoxy groups -OCH3 is 1. The van der Waals surface area contributed by atoms with E-state index >= 15 is 0 Å². The van der Waals surface area contributed by atoms with Crippen LogP contribution in [-0.2, 0) is 9.09 Å². The fraction of sp³-hybridized carbons (Fsp3) is 0.333. The molecule has 0 bridgehead atoms. The number of fused-ring (bicyclic) bond motifs is 1. The smallest absolute Gasteiger partial charge is 0.469 e. The second-order valence-electron chi connectivity index (χ2n) is 9.93. The van der Waals surface area contributed by atoms with Crippen LogP contribution < -0.4 is 20.1 Å². The van der Waals surface area contributed by atoms with Gasteiger partial charge in [0.15, 0.2) is 11.5 Å². The summed E-state index contributed by atoms with van der Waals surface area (Å²) in [6.07, 6.45) is 5.15. The molecule has 15 heteroatoms. The van der Waals surface area contributed by atoms with Gasteiger partial charge in [0.25, 0.3) is 5.91 Å². The first-order valence-electron chi connectivity index (χ1n) is 14.3. The number of aromatic nitrogens is 3. The molecule has 0 aliphatic heterocycles. The summed E-state index contributed by atoms with van der Waals surface area (Å²) >= 11 is 5.98. The standard InChI is InChI=1S/C30H36ClN6O7P/c1-3-37(12-4-5-15-44-45(39,40)41)13-7-14-43-27-18-25-24(17-26(27)42-2)29(34-20-33-25)35-23-10-11-28(32-19-23)36-30(38)21-8-6-9-22(31)16-21/h6,8-11,16-20H,3-5,7,12-15H2,1-2H3,(H,32,36,38)(H,33,34,35)(H2,39,40,41). The number of amides is 1. The lowest BCUT2D eigenvalue weighted by molar-refractivity contribution is 0.102. The molecule has 0 saturated heterocycles. The summed E-state index contributed by atoms with van der Waals surface area (Å²) in [7, 11) is -2.84. The highest BCUT2D eigenvalue weighted by Gasteiger charge is 2.14. The van der Waals surface area contributed by atoms with Crippen LogP contribution in [0.4, 0.5) is 17.3 Å². The number of hydrogen-bond acceptors (Lipinski definition) is 10. The van der Waals surface area contributed by atoms with Gasteiger partial charge < -0.3 is 34.8 Å². The van der Waals surface area contributed by atoms with Crippen molar-refractivity contribution >= 4 is 53.6 Å². The van der Waals surface area contributed by atoms with E-state index in [-0.39, 0.29) is 12.5 Å². The lowest BCUT2D eigenvalue weighted by atomic mass is 10.2. The minimum atomic E-state index is -4.41. The van der Waals surface area contributed by atoms with Crippen molar-refractivity contribution in [3.8, 4) is 11.5 Å². The number of carbonyl (C=O) groups excluding carboxylic acids is 1. The Balaban J connectivity index is 1.32. The topological polar surface area (TPSA) is 168 Å². The van der Waals surface area contributed by atoms with Crippen LogP contribution in [0, 0.1) is 0 Å². The van der Waals surface area contributed by atoms with E-state index in [9.17, 15) is 9.36 Å². The van der Waals surface area contributed by atoms with Gasteiger partial charge in [-0.2, -0.15) is 0 Å². The first-order valence-corrected chi connectivity index (χ1v) is 16.2. The largest absolute Gasteiger partial charge is 0.493 e. The molecule has 0 unspecified atom stereocenters.